The highest BCUT2D eigenvalue weighted by molar-refractivity contribution is 9.09. The minimum absolute atomic E-state index is 0.402. The Kier molecular flexibility index (Phi) is 5.99. The van der Waals surface area contributed by atoms with Gasteiger partial charge in [-0.15, -0.1) is 6.42 Å². The van der Waals surface area contributed by atoms with Crippen LogP contribution in [0, 0.1) is 24.2 Å². The molecule has 0 aromatic heterocycles. The molecule has 1 aliphatic heterocycles. The third-order valence-electron chi connectivity index (χ3n) is 4.44. The summed E-state index contributed by atoms with van der Waals surface area (Å²) in [6, 6.07) is 0. The van der Waals surface area contributed by atoms with E-state index in [0.29, 0.717) is 33.7 Å². The zero-order valence-electron chi connectivity index (χ0n) is 11.4. The summed E-state index contributed by atoms with van der Waals surface area (Å²) >= 11 is 7.60. The molecule has 0 radical (unpaired) electrons. The average molecular weight is 390 g/mol. The van der Waals surface area contributed by atoms with Crippen LogP contribution in [0.2, 0.25) is 0 Å². The molecule has 0 N–H and O–H groups in total. The fraction of sp³-hybridized carbons (Fsp3) is 0.750. The van der Waals surface area contributed by atoms with Crippen LogP contribution in [0.15, 0.2) is 12.2 Å². The van der Waals surface area contributed by atoms with Gasteiger partial charge in [0.15, 0.2) is 0 Å². The standard InChI is InChI=1S/C16H22Br2O/c1-3-5-6-7-11-8-12(9-13(11)17)16-10-14(18)15(4-2)19-16/h1,5-6,11-16H,4,7-10H2,2H3. The van der Waals surface area contributed by atoms with Gasteiger partial charge in [0, 0.05) is 9.65 Å². The van der Waals surface area contributed by atoms with E-state index in [1.165, 1.54) is 12.8 Å². The van der Waals surface area contributed by atoms with E-state index < -0.39 is 0 Å². The molecule has 0 bridgehead atoms. The Bertz CT molecular complexity index is 360. The third kappa shape index (κ3) is 3.86. The fourth-order valence-electron chi connectivity index (χ4n) is 3.37. The van der Waals surface area contributed by atoms with Gasteiger partial charge in [-0.2, -0.15) is 0 Å². The predicted octanol–water partition coefficient (Wildman–Crippen LogP) is 4.69. The van der Waals surface area contributed by atoms with E-state index in [1.54, 1.807) is 0 Å². The zero-order valence-corrected chi connectivity index (χ0v) is 14.6. The first-order valence-corrected chi connectivity index (χ1v) is 9.03. The van der Waals surface area contributed by atoms with Crippen LogP contribution in [0.25, 0.3) is 0 Å². The molecule has 1 saturated carbocycles. The van der Waals surface area contributed by atoms with Crippen molar-refractivity contribution in [3.05, 3.63) is 12.2 Å². The van der Waals surface area contributed by atoms with Crippen molar-refractivity contribution in [1.82, 2.24) is 0 Å². The van der Waals surface area contributed by atoms with Crippen LogP contribution in [0.3, 0.4) is 0 Å². The van der Waals surface area contributed by atoms with E-state index in [-0.39, 0.29) is 0 Å². The molecular formula is C16H22Br2O. The van der Waals surface area contributed by atoms with Crippen molar-refractivity contribution < 1.29 is 4.74 Å². The molecule has 0 spiro atoms. The molecule has 1 aliphatic carbocycles. The van der Waals surface area contributed by atoms with Gasteiger partial charge in [-0.25, -0.2) is 0 Å². The molecule has 19 heavy (non-hydrogen) atoms. The van der Waals surface area contributed by atoms with E-state index in [1.807, 2.05) is 6.08 Å². The average Bonchev–Trinajstić information content (AvgIpc) is 2.93. The maximum atomic E-state index is 6.21. The quantitative estimate of drug-likeness (QED) is 0.500. The minimum Gasteiger partial charge on any atom is -0.374 e. The summed E-state index contributed by atoms with van der Waals surface area (Å²) < 4.78 is 6.21. The van der Waals surface area contributed by atoms with Crippen LogP contribution in [0.1, 0.15) is 39.0 Å². The first-order chi connectivity index (χ1) is 9.15. The lowest BCUT2D eigenvalue weighted by atomic mass is 9.95. The van der Waals surface area contributed by atoms with E-state index in [4.69, 9.17) is 11.2 Å². The largest absolute Gasteiger partial charge is 0.374 e. The monoisotopic (exact) mass is 388 g/mol. The van der Waals surface area contributed by atoms with E-state index in [2.05, 4.69) is 50.8 Å². The Labute approximate surface area is 133 Å². The van der Waals surface area contributed by atoms with E-state index in [0.717, 1.165) is 19.3 Å². The molecule has 106 valence electrons. The summed E-state index contributed by atoms with van der Waals surface area (Å²) in [7, 11) is 0. The van der Waals surface area contributed by atoms with Gasteiger partial charge >= 0.3 is 0 Å². The normalized spacial score (nSPS) is 42.8. The molecule has 0 aromatic rings. The summed E-state index contributed by atoms with van der Waals surface area (Å²) in [4.78, 5) is 1.15. The second kappa shape index (κ2) is 7.29. The minimum atomic E-state index is 0.402. The van der Waals surface area contributed by atoms with Crippen LogP contribution < -0.4 is 0 Å². The molecule has 3 heteroatoms. The van der Waals surface area contributed by atoms with Gasteiger partial charge < -0.3 is 4.74 Å². The topological polar surface area (TPSA) is 9.23 Å². The van der Waals surface area contributed by atoms with Crippen molar-refractivity contribution in [1.29, 1.82) is 0 Å². The van der Waals surface area contributed by atoms with Crippen molar-refractivity contribution in [3.8, 4) is 12.3 Å². The molecule has 6 atom stereocenters. The lowest BCUT2D eigenvalue weighted by Crippen LogP contribution is -2.19. The molecule has 1 heterocycles. The third-order valence-corrected chi connectivity index (χ3v) is 6.52. The van der Waals surface area contributed by atoms with Gasteiger partial charge in [0.2, 0.25) is 0 Å². The first-order valence-electron chi connectivity index (χ1n) is 7.20. The lowest BCUT2D eigenvalue weighted by molar-refractivity contribution is 0.0110. The molecule has 0 aromatic carbocycles. The number of rotatable bonds is 4. The van der Waals surface area contributed by atoms with Gasteiger partial charge in [0.1, 0.15) is 0 Å². The Morgan fingerprint density at radius 1 is 1.26 bits per heavy atom. The van der Waals surface area contributed by atoms with Gasteiger partial charge in [-0.05, 0) is 50.0 Å². The van der Waals surface area contributed by atoms with Crippen molar-refractivity contribution >= 4 is 31.9 Å². The molecule has 2 rings (SSSR count). The smallest absolute Gasteiger partial charge is 0.0702 e. The zero-order chi connectivity index (χ0) is 13.8. The van der Waals surface area contributed by atoms with E-state index >= 15 is 0 Å². The second-order valence-electron chi connectivity index (χ2n) is 5.69. The van der Waals surface area contributed by atoms with Crippen LogP contribution in [-0.2, 0) is 4.74 Å². The van der Waals surface area contributed by atoms with Crippen molar-refractivity contribution in [2.45, 2.75) is 60.9 Å². The number of hydrogen-bond acceptors (Lipinski definition) is 1. The maximum Gasteiger partial charge on any atom is 0.0702 e. The summed E-state index contributed by atoms with van der Waals surface area (Å²) in [5.41, 5.74) is 0. The van der Waals surface area contributed by atoms with Crippen molar-refractivity contribution in [2.75, 3.05) is 0 Å². The van der Waals surface area contributed by atoms with Gasteiger partial charge in [0.05, 0.1) is 12.2 Å². The van der Waals surface area contributed by atoms with Crippen molar-refractivity contribution in [2.24, 2.45) is 11.8 Å². The van der Waals surface area contributed by atoms with Crippen LogP contribution in [-0.4, -0.2) is 21.9 Å². The molecule has 1 saturated heterocycles. The Morgan fingerprint density at radius 2 is 2.05 bits per heavy atom. The Hall–Kier alpha value is 0.220. The summed E-state index contributed by atoms with van der Waals surface area (Å²) in [6.07, 6.45) is 15.9. The maximum absolute atomic E-state index is 6.21. The molecule has 0 amide bonds. The summed E-state index contributed by atoms with van der Waals surface area (Å²) in [6.45, 7) is 2.21. The van der Waals surface area contributed by atoms with Gasteiger partial charge in [-0.3, -0.25) is 0 Å². The number of allylic oxidation sites excluding steroid dienone is 2. The second-order valence-corrected chi connectivity index (χ2v) is 8.04. The van der Waals surface area contributed by atoms with Gasteiger partial charge in [-0.1, -0.05) is 50.8 Å². The molecule has 6 unspecified atom stereocenters. The summed E-state index contributed by atoms with van der Waals surface area (Å²) in [5, 5.41) is 0. The number of terminal acetylenes is 1. The van der Waals surface area contributed by atoms with Crippen LogP contribution in [0.4, 0.5) is 0 Å². The fourth-order valence-corrected chi connectivity index (χ4v) is 5.15. The van der Waals surface area contributed by atoms with Crippen LogP contribution in [0.5, 0.6) is 0 Å². The predicted molar refractivity (Wildman–Crippen MR) is 87.8 cm³/mol. The number of ether oxygens (including phenoxy) is 1. The van der Waals surface area contributed by atoms with Gasteiger partial charge in [0.25, 0.3) is 0 Å². The molecular weight excluding hydrogens is 368 g/mol. The summed E-state index contributed by atoms with van der Waals surface area (Å²) in [5.74, 6) is 3.97. The number of hydrogen-bond donors (Lipinski definition) is 0. The Balaban J connectivity index is 1.87. The lowest BCUT2D eigenvalue weighted by Gasteiger charge is -2.19. The molecule has 2 fully saturated rings. The SMILES string of the molecule is C#CC=CCC1CC(C2CC(Br)C(CC)O2)CC1Br. The molecule has 1 nitrogen and oxygen atoms in total. The first kappa shape index (κ1) is 15.6. The van der Waals surface area contributed by atoms with Crippen molar-refractivity contribution in [3.63, 3.8) is 0 Å². The highest BCUT2D eigenvalue weighted by Crippen LogP contribution is 2.44. The number of halogens is 2. The molecule has 2 aliphatic rings. The highest BCUT2D eigenvalue weighted by atomic mass is 79.9. The highest BCUT2D eigenvalue weighted by Gasteiger charge is 2.42. The van der Waals surface area contributed by atoms with Crippen LogP contribution >= 0.6 is 31.9 Å². The van der Waals surface area contributed by atoms with E-state index in [9.17, 15) is 0 Å². The number of alkyl halides is 2. The Morgan fingerprint density at radius 3 is 2.68 bits per heavy atom.